The van der Waals surface area contributed by atoms with Crippen molar-refractivity contribution in [1.29, 1.82) is 0 Å². The molecule has 1 fully saturated rings. The van der Waals surface area contributed by atoms with Crippen LogP contribution in [0.3, 0.4) is 0 Å². The summed E-state index contributed by atoms with van der Waals surface area (Å²) in [6.07, 6.45) is 4.41. The van der Waals surface area contributed by atoms with E-state index in [2.05, 4.69) is 10.3 Å². The number of benzene rings is 1. The molecule has 4 rings (SSSR count). The summed E-state index contributed by atoms with van der Waals surface area (Å²) in [6.45, 7) is 1.53. The molecule has 1 aliphatic rings. The van der Waals surface area contributed by atoms with Crippen LogP contribution in [-0.2, 0) is 14.8 Å². The second-order valence-corrected chi connectivity index (χ2v) is 8.05. The van der Waals surface area contributed by atoms with Crippen LogP contribution in [0.4, 0.5) is 0 Å². The van der Waals surface area contributed by atoms with Crippen LogP contribution >= 0.6 is 0 Å². The molecule has 0 bridgehead atoms. The minimum atomic E-state index is -3.73. The third-order valence-corrected chi connectivity index (χ3v) is 6.32. The lowest BCUT2D eigenvalue weighted by molar-refractivity contribution is -0.122. The summed E-state index contributed by atoms with van der Waals surface area (Å²) >= 11 is 0. The smallest absolute Gasteiger partial charge is 0.290 e. The number of fused-ring (bicyclic) bond motifs is 1. The second-order valence-electron chi connectivity index (χ2n) is 6.23. The van der Waals surface area contributed by atoms with E-state index >= 15 is 0 Å². The molecule has 2 N–H and O–H groups in total. The number of carboxylic acid groups (broad SMARTS) is 1. The van der Waals surface area contributed by atoms with E-state index < -0.39 is 10.0 Å². The Balaban J connectivity index is 0.000000706. The molecule has 1 saturated heterocycles. The fourth-order valence-corrected chi connectivity index (χ4v) is 4.75. The summed E-state index contributed by atoms with van der Waals surface area (Å²) in [7, 11) is -2.21. The van der Waals surface area contributed by atoms with Crippen LogP contribution in [0.25, 0.3) is 11.0 Å². The Bertz CT molecular complexity index is 1070. The van der Waals surface area contributed by atoms with Gasteiger partial charge in [0.1, 0.15) is 5.75 Å². The third kappa shape index (κ3) is 3.71. The predicted molar refractivity (Wildman–Crippen MR) is 104 cm³/mol. The Morgan fingerprint density at radius 3 is 2.79 bits per heavy atom. The average Bonchev–Trinajstić information content (AvgIpc) is 3.36. The van der Waals surface area contributed by atoms with Crippen LogP contribution in [0.1, 0.15) is 17.9 Å². The first-order valence-electron chi connectivity index (χ1n) is 8.67. The van der Waals surface area contributed by atoms with Crippen molar-refractivity contribution in [3.8, 4) is 5.75 Å². The number of hydrogen-bond donors (Lipinski definition) is 2. The van der Waals surface area contributed by atoms with Crippen molar-refractivity contribution in [3.63, 3.8) is 0 Å². The molecule has 9 heteroatoms. The maximum Gasteiger partial charge on any atom is 0.290 e. The molecule has 1 unspecified atom stereocenters. The first kappa shape index (κ1) is 19.8. The van der Waals surface area contributed by atoms with E-state index in [9.17, 15) is 8.42 Å². The van der Waals surface area contributed by atoms with Gasteiger partial charge in [-0.05, 0) is 37.2 Å². The van der Waals surface area contributed by atoms with Gasteiger partial charge in [-0.2, -0.15) is 0 Å². The van der Waals surface area contributed by atoms with Gasteiger partial charge in [0.2, 0.25) is 0 Å². The first-order chi connectivity index (χ1) is 13.5. The molecule has 1 aliphatic heterocycles. The van der Waals surface area contributed by atoms with E-state index in [1.165, 1.54) is 17.1 Å². The molecule has 3 aromatic rings. The molecule has 1 aromatic carbocycles. The van der Waals surface area contributed by atoms with Crippen molar-refractivity contribution < 1.29 is 23.1 Å². The van der Waals surface area contributed by atoms with Crippen LogP contribution in [0.15, 0.2) is 53.7 Å². The lowest BCUT2D eigenvalue weighted by atomic mass is 10.0. The van der Waals surface area contributed by atoms with Crippen LogP contribution < -0.4 is 10.1 Å². The van der Waals surface area contributed by atoms with Gasteiger partial charge in [0, 0.05) is 36.5 Å². The molecule has 148 valence electrons. The molecule has 0 saturated carbocycles. The summed E-state index contributed by atoms with van der Waals surface area (Å²) in [5.74, 6) is 0.787. The Labute approximate surface area is 162 Å². The summed E-state index contributed by atoms with van der Waals surface area (Å²) in [5, 5.41) is 10.2. The van der Waals surface area contributed by atoms with Gasteiger partial charge in [-0.3, -0.25) is 9.78 Å². The number of nitrogens with zero attached hydrogens (tertiary/aromatic N) is 2. The zero-order valence-corrected chi connectivity index (χ0v) is 16.1. The molecular weight excluding hydrogens is 382 g/mol. The Kier molecular flexibility index (Phi) is 5.96. The van der Waals surface area contributed by atoms with Crippen LogP contribution in [-0.4, -0.2) is 49.2 Å². The maximum atomic E-state index is 13.2. The third-order valence-electron chi connectivity index (χ3n) is 4.65. The lowest BCUT2D eigenvalue weighted by Crippen LogP contribution is -2.12. The van der Waals surface area contributed by atoms with Crippen molar-refractivity contribution in [2.75, 3.05) is 20.2 Å². The summed E-state index contributed by atoms with van der Waals surface area (Å²) in [5.41, 5.74) is 2.34. The Morgan fingerprint density at radius 2 is 2.11 bits per heavy atom. The van der Waals surface area contributed by atoms with Gasteiger partial charge in [-0.1, -0.05) is 6.07 Å². The van der Waals surface area contributed by atoms with Gasteiger partial charge in [0.25, 0.3) is 16.5 Å². The van der Waals surface area contributed by atoms with Crippen molar-refractivity contribution in [3.05, 3.63) is 54.4 Å². The monoisotopic (exact) mass is 403 g/mol. The SMILES string of the molecule is COc1cccc(S(=O)(=O)n2cc(C3CCNC3)c3ncccc32)c1.O=CO. The largest absolute Gasteiger partial charge is 0.497 e. The second kappa shape index (κ2) is 8.41. The van der Waals surface area contributed by atoms with E-state index in [-0.39, 0.29) is 17.3 Å². The molecule has 28 heavy (non-hydrogen) atoms. The van der Waals surface area contributed by atoms with Crippen LogP contribution in [0.2, 0.25) is 0 Å². The number of nitrogens with one attached hydrogen (secondary N) is 1. The molecular formula is C19H21N3O5S. The van der Waals surface area contributed by atoms with Crippen molar-refractivity contribution in [2.45, 2.75) is 17.2 Å². The lowest BCUT2D eigenvalue weighted by Gasteiger charge is -2.09. The van der Waals surface area contributed by atoms with E-state index in [1.807, 2.05) is 0 Å². The summed E-state index contributed by atoms with van der Waals surface area (Å²) < 4.78 is 32.9. The zero-order chi connectivity index (χ0) is 20.1. The molecule has 0 amide bonds. The Hall–Kier alpha value is -2.91. The first-order valence-corrected chi connectivity index (χ1v) is 10.1. The predicted octanol–water partition coefficient (Wildman–Crippen LogP) is 2.06. The Morgan fingerprint density at radius 1 is 1.32 bits per heavy atom. The molecule has 8 nitrogen and oxygen atoms in total. The highest BCUT2D eigenvalue weighted by molar-refractivity contribution is 7.90. The van der Waals surface area contributed by atoms with Crippen LogP contribution in [0, 0.1) is 0 Å². The van der Waals surface area contributed by atoms with Gasteiger partial charge in [-0.15, -0.1) is 0 Å². The van der Waals surface area contributed by atoms with Gasteiger partial charge < -0.3 is 15.2 Å². The normalized spacial score (nSPS) is 16.4. The fourth-order valence-electron chi connectivity index (χ4n) is 3.35. The van der Waals surface area contributed by atoms with E-state index in [0.717, 1.165) is 30.6 Å². The quantitative estimate of drug-likeness (QED) is 0.642. The topological polar surface area (TPSA) is 111 Å². The molecule has 0 radical (unpaired) electrons. The summed E-state index contributed by atoms with van der Waals surface area (Å²) in [4.78, 5) is 13.0. The minimum absolute atomic E-state index is 0.198. The van der Waals surface area contributed by atoms with Crippen LogP contribution in [0.5, 0.6) is 5.75 Å². The minimum Gasteiger partial charge on any atom is -0.497 e. The highest BCUT2D eigenvalue weighted by atomic mass is 32.2. The molecule has 3 heterocycles. The number of rotatable bonds is 4. The van der Waals surface area contributed by atoms with Crippen molar-refractivity contribution in [2.24, 2.45) is 0 Å². The van der Waals surface area contributed by atoms with E-state index in [1.54, 1.807) is 42.7 Å². The van der Waals surface area contributed by atoms with E-state index in [0.29, 0.717) is 11.3 Å². The number of carbonyl (C=O) groups is 1. The molecule has 0 aliphatic carbocycles. The van der Waals surface area contributed by atoms with Gasteiger partial charge in [-0.25, -0.2) is 12.4 Å². The van der Waals surface area contributed by atoms with Gasteiger partial charge in [0.05, 0.1) is 23.0 Å². The number of hydrogen-bond acceptors (Lipinski definition) is 6. The van der Waals surface area contributed by atoms with Gasteiger partial charge in [0.15, 0.2) is 0 Å². The average molecular weight is 403 g/mol. The number of aromatic nitrogens is 2. The molecule has 0 spiro atoms. The number of ether oxygens (including phenoxy) is 1. The highest BCUT2D eigenvalue weighted by Gasteiger charge is 2.26. The summed E-state index contributed by atoms with van der Waals surface area (Å²) in [6, 6.07) is 10.1. The highest BCUT2D eigenvalue weighted by Crippen LogP contribution is 2.32. The van der Waals surface area contributed by atoms with Gasteiger partial charge >= 0.3 is 0 Å². The maximum absolute atomic E-state index is 13.2. The van der Waals surface area contributed by atoms with Crippen molar-refractivity contribution in [1.82, 2.24) is 14.3 Å². The molecule has 1 atom stereocenters. The fraction of sp³-hybridized carbons (Fsp3) is 0.263. The zero-order valence-electron chi connectivity index (χ0n) is 15.3. The van der Waals surface area contributed by atoms with Crippen molar-refractivity contribution >= 4 is 27.5 Å². The number of pyridine rings is 1. The molecule has 2 aromatic heterocycles. The van der Waals surface area contributed by atoms with E-state index in [4.69, 9.17) is 14.6 Å². The standard InChI is InChI=1S/C18H19N3O3S.CH2O2/c1-24-14-4-2-5-15(10-14)25(22,23)21-12-16(13-7-9-19-11-13)18-17(21)6-3-8-20-18;2-1-3/h2-6,8,10,12-13,19H,7,9,11H2,1H3;1H,(H,2,3). The number of methoxy groups -OCH3 is 1.